The number of aromatic nitrogens is 4. The van der Waals surface area contributed by atoms with Gasteiger partial charge in [0.2, 0.25) is 5.91 Å². The van der Waals surface area contributed by atoms with Crippen molar-refractivity contribution in [2.75, 3.05) is 18.5 Å². The van der Waals surface area contributed by atoms with Gasteiger partial charge in [0.05, 0.1) is 24.1 Å². The summed E-state index contributed by atoms with van der Waals surface area (Å²) in [7, 11) is 1.57. The minimum absolute atomic E-state index is 0.242. The number of amides is 2. The topological polar surface area (TPSA) is 105 Å². The molecule has 0 bridgehead atoms. The Bertz CT molecular complexity index is 1200. The molecule has 2 aromatic heterocycles. The molecule has 9 nitrogen and oxygen atoms in total. The Morgan fingerprint density at radius 3 is 2.44 bits per heavy atom. The zero-order valence-corrected chi connectivity index (χ0v) is 20.3. The third kappa shape index (κ3) is 4.64. The van der Waals surface area contributed by atoms with E-state index in [-0.39, 0.29) is 11.8 Å². The number of hydrogen-bond donors (Lipinski definition) is 2. The van der Waals surface area contributed by atoms with E-state index in [1.165, 1.54) is 0 Å². The maximum atomic E-state index is 13.5. The van der Waals surface area contributed by atoms with Crippen molar-refractivity contribution in [3.8, 4) is 11.4 Å². The molecule has 0 radical (unpaired) electrons. The van der Waals surface area contributed by atoms with Crippen molar-refractivity contribution >= 4 is 17.6 Å². The molecule has 3 aromatic rings. The second-order valence-corrected chi connectivity index (χ2v) is 9.58. The smallest absolute Gasteiger partial charge is 0.272 e. The molecule has 0 aliphatic carbocycles. The third-order valence-corrected chi connectivity index (χ3v) is 5.97. The van der Waals surface area contributed by atoms with Gasteiger partial charge in [-0.3, -0.25) is 14.6 Å². The van der Waals surface area contributed by atoms with Crippen molar-refractivity contribution in [2.45, 2.75) is 46.8 Å². The average Bonchev–Trinajstić information content (AvgIpc) is 3.21. The molecule has 0 saturated heterocycles. The zero-order chi connectivity index (χ0) is 24.5. The molecule has 0 saturated carbocycles. The SMILES string of the molecule is CNC(=O)[C@@H](NC(=O)c1nc(-c2ccccc2)n2c1CN(c1cncc(C)n1)CC2)C(C)(C)C. The van der Waals surface area contributed by atoms with Crippen LogP contribution in [-0.4, -0.2) is 51.0 Å². The van der Waals surface area contributed by atoms with Crippen molar-refractivity contribution in [3.05, 3.63) is 59.8 Å². The summed E-state index contributed by atoms with van der Waals surface area (Å²) in [6, 6.07) is 9.12. The van der Waals surface area contributed by atoms with Gasteiger partial charge in [-0.15, -0.1) is 0 Å². The second kappa shape index (κ2) is 9.24. The van der Waals surface area contributed by atoms with Gasteiger partial charge in [0.25, 0.3) is 5.91 Å². The van der Waals surface area contributed by atoms with Crippen LogP contribution < -0.4 is 15.5 Å². The molecular weight excluding hydrogens is 430 g/mol. The monoisotopic (exact) mass is 461 g/mol. The number of nitrogens with one attached hydrogen (secondary N) is 2. The largest absolute Gasteiger partial charge is 0.357 e. The maximum Gasteiger partial charge on any atom is 0.272 e. The van der Waals surface area contributed by atoms with Crippen LogP contribution in [0.15, 0.2) is 42.7 Å². The van der Waals surface area contributed by atoms with E-state index in [4.69, 9.17) is 4.98 Å². The van der Waals surface area contributed by atoms with Gasteiger partial charge in [0, 0.05) is 31.9 Å². The van der Waals surface area contributed by atoms with Gasteiger partial charge in [0.15, 0.2) is 5.69 Å². The molecule has 34 heavy (non-hydrogen) atoms. The highest BCUT2D eigenvalue weighted by molar-refractivity contribution is 5.98. The molecule has 1 aromatic carbocycles. The van der Waals surface area contributed by atoms with Crippen LogP contribution in [0.1, 0.15) is 42.6 Å². The number of aryl methyl sites for hydroxylation is 1. The summed E-state index contributed by atoms with van der Waals surface area (Å²) in [5, 5.41) is 5.58. The highest BCUT2D eigenvalue weighted by atomic mass is 16.2. The quantitative estimate of drug-likeness (QED) is 0.605. The lowest BCUT2D eigenvalue weighted by atomic mass is 9.86. The fourth-order valence-corrected chi connectivity index (χ4v) is 4.17. The van der Waals surface area contributed by atoms with Crippen molar-refractivity contribution in [2.24, 2.45) is 5.41 Å². The lowest BCUT2D eigenvalue weighted by Crippen LogP contribution is -2.53. The number of fused-ring (bicyclic) bond motifs is 1. The van der Waals surface area contributed by atoms with E-state index in [1.807, 2.05) is 58.0 Å². The first kappa shape index (κ1) is 23.4. The number of hydrogen-bond acceptors (Lipinski definition) is 6. The lowest BCUT2D eigenvalue weighted by molar-refractivity contribution is -0.124. The molecule has 0 spiro atoms. The van der Waals surface area contributed by atoms with E-state index in [9.17, 15) is 9.59 Å². The van der Waals surface area contributed by atoms with Gasteiger partial charge >= 0.3 is 0 Å². The third-order valence-electron chi connectivity index (χ3n) is 5.97. The molecule has 9 heteroatoms. The van der Waals surface area contributed by atoms with Gasteiger partial charge in [-0.1, -0.05) is 51.1 Å². The highest BCUT2D eigenvalue weighted by Gasteiger charge is 2.35. The van der Waals surface area contributed by atoms with E-state index in [0.717, 1.165) is 28.6 Å². The summed E-state index contributed by atoms with van der Waals surface area (Å²) in [5.41, 5.74) is 2.40. The Hall–Kier alpha value is -3.75. The van der Waals surface area contributed by atoms with Crippen LogP contribution in [-0.2, 0) is 17.9 Å². The first-order valence-electron chi connectivity index (χ1n) is 11.4. The van der Waals surface area contributed by atoms with Crippen molar-refractivity contribution in [1.29, 1.82) is 0 Å². The van der Waals surface area contributed by atoms with E-state index in [1.54, 1.807) is 19.4 Å². The fourth-order valence-electron chi connectivity index (χ4n) is 4.17. The second-order valence-electron chi connectivity index (χ2n) is 9.58. The van der Waals surface area contributed by atoms with Gasteiger partial charge < -0.3 is 20.1 Å². The van der Waals surface area contributed by atoms with Crippen molar-refractivity contribution in [1.82, 2.24) is 30.2 Å². The van der Waals surface area contributed by atoms with E-state index >= 15 is 0 Å². The van der Waals surface area contributed by atoms with E-state index in [2.05, 4.69) is 30.1 Å². The van der Waals surface area contributed by atoms with E-state index in [0.29, 0.717) is 25.3 Å². The lowest BCUT2D eigenvalue weighted by Gasteiger charge is -2.31. The van der Waals surface area contributed by atoms with E-state index < -0.39 is 11.5 Å². The predicted octanol–water partition coefficient (Wildman–Crippen LogP) is 2.56. The number of anilines is 1. The zero-order valence-electron chi connectivity index (χ0n) is 20.3. The predicted molar refractivity (Wildman–Crippen MR) is 130 cm³/mol. The Labute approximate surface area is 199 Å². The minimum atomic E-state index is -0.704. The van der Waals surface area contributed by atoms with Crippen LogP contribution in [0, 0.1) is 12.3 Å². The molecule has 0 unspecified atom stereocenters. The summed E-state index contributed by atoms with van der Waals surface area (Å²) in [6.45, 7) is 9.48. The number of likely N-dealkylation sites (N-methyl/N-ethyl adjacent to an activating group) is 1. The summed E-state index contributed by atoms with van der Waals surface area (Å²) in [4.78, 5) is 41.8. The Kier molecular flexibility index (Phi) is 6.37. The van der Waals surface area contributed by atoms with Crippen LogP contribution >= 0.6 is 0 Å². The average molecular weight is 462 g/mol. The Morgan fingerprint density at radius 1 is 1.06 bits per heavy atom. The number of carbonyl (C=O) groups is 2. The molecular formula is C25H31N7O2. The van der Waals surface area contributed by atoms with Crippen molar-refractivity contribution < 1.29 is 9.59 Å². The van der Waals surface area contributed by atoms with Crippen LogP contribution in [0.4, 0.5) is 5.82 Å². The Morgan fingerprint density at radius 2 is 1.79 bits per heavy atom. The Balaban J connectivity index is 1.74. The van der Waals surface area contributed by atoms with Crippen LogP contribution in [0.25, 0.3) is 11.4 Å². The number of benzene rings is 1. The van der Waals surface area contributed by atoms with Crippen LogP contribution in [0.5, 0.6) is 0 Å². The fraction of sp³-hybridized carbons (Fsp3) is 0.400. The first-order valence-corrected chi connectivity index (χ1v) is 11.4. The highest BCUT2D eigenvalue weighted by Crippen LogP contribution is 2.29. The molecule has 0 fully saturated rings. The first-order chi connectivity index (χ1) is 16.2. The molecule has 2 amide bonds. The number of imidazole rings is 1. The van der Waals surface area contributed by atoms with Gasteiger partial charge in [-0.2, -0.15) is 0 Å². The molecule has 1 aliphatic rings. The molecule has 1 aliphatic heterocycles. The molecule has 2 N–H and O–H groups in total. The molecule has 1 atom stereocenters. The summed E-state index contributed by atoms with van der Waals surface area (Å²) >= 11 is 0. The number of carbonyl (C=O) groups excluding carboxylic acids is 2. The van der Waals surface area contributed by atoms with Crippen LogP contribution in [0.3, 0.4) is 0 Å². The van der Waals surface area contributed by atoms with Crippen molar-refractivity contribution in [3.63, 3.8) is 0 Å². The minimum Gasteiger partial charge on any atom is -0.357 e. The summed E-state index contributed by atoms with van der Waals surface area (Å²) in [5.74, 6) is 0.890. The number of rotatable bonds is 5. The van der Waals surface area contributed by atoms with Gasteiger partial charge in [-0.25, -0.2) is 9.97 Å². The van der Waals surface area contributed by atoms with Crippen LogP contribution in [0.2, 0.25) is 0 Å². The van der Waals surface area contributed by atoms with Gasteiger partial charge in [-0.05, 0) is 12.3 Å². The molecule has 3 heterocycles. The molecule has 178 valence electrons. The number of nitrogens with zero attached hydrogens (tertiary/aromatic N) is 5. The normalized spacial score (nSPS) is 14.3. The summed E-state index contributed by atoms with van der Waals surface area (Å²) < 4.78 is 2.09. The summed E-state index contributed by atoms with van der Waals surface area (Å²) in [6.07, 6.45) is 3.45. The van der Waals surface area contributed by atoms with Gasteiger partial charge in [0.1, 0.15) is 17.7 Å². The maximum absolute atomic E-state index is 13.5. The molecule has 4 rings (SSSR count). The standard InChI is InChI=1S/C25H31N7O2/c1-16-13-27-14-19(28-16)31-11-12-32-18(15-31)20(29-22(32)17-9-7-6-8-10-17)23(33)30-21(24(34)26-5)25(2,3)4/h6-10,13-14,21H,11-12,15H2,1-5H3,(H,26,34)(H,30,33)/t21-/m1/s1.